The van der Waals surface area contributed by atoms with Crippen LogP contribution in [0.2, 0.25) is 10.0 Å². The SMILES string of the molecule is O=C(NCCOc1ccccc1Cl)C1CCN(Cc2cccc(Cl)c2)CC1. The highest BCUT2D eigenvalue weighted by Gasteiger charge is 2.24. The normalized spacial score (nSPS) is 15.5. The molecule has 2 aromatic rings. The van der Waals surface area contributed by atoms with Crippen molar-refractivity contribution < 1.29 is 9.53 Å². The first kappa shape index (κ1) is 20.0. The van der Waals surface area contributed by atoms with Crippen molar-refractivity contribution in [1.82, 2.24) is 10.2 Å². The molecule has 2 aromatic carbocycles. The van der Waals surface area contributed by atoms with E-state index in [2.05, 4.69) is 16.3 Å². The first-order chi connectivity index (χ1) is 13.1. The van der Waals surface area contributed by atoms with Gasteiger partial charge in [-0.1, -0.05) is 47.5 Å². The molecule has 0 aromatic heterocycles. The summed E-state index contributed by atoms with van der Waals surface area (Å²) < 4.78 is 5.60. The maximum atomic E-state index is 12.4. The van der Waals surface area contributed by atoms with Crippen LogP contribution in [0.5, 0.6) is 5.75 Å². The van der Waals surface area contributed by atoms with Gasteiger partial charge in [-0.3, -0.25) is 9.69 Å². The minimum atomic E-state index is 0.0703. The lowest BCUT2D eigenvalue weighted by molar-refractivity contribution is -0.126. The topological polar surface area (TPSA) is 41.6 Å². The Balaban J connectivity index is 1.35. The number of rotatable bonds is 7. The maximum absolute atomic E-state index is 12.4. The zero-order valence-corrected chi connectivity index (χ0v) is 16.7. The van der Waals surface area contributed by atoms with E-state index in [0.717, 1.165) is 37.5 Å². The zero-order valence-electron chi connectivity index (χ0n) is 15.2. The zero-order chi connectivity index (χ0) is 19.1. The minimum absolute atomic E-state index is 0.0703. The molecule has 144 valence electrons. The third-order valence-corrected chi connectivity index (χ3v) is 5.30. The molecule has 0 bridgehead atoms. The second-order valence-corrected chi connectivity index (χ2v) is 7.59. The summed E-state index contributed by atoms with van der Waals surface area (Å²) in [7, 11) is 0. The fourth-order valence-corrected chi connectivity index (χ4v) is 3.69. The van der Waals surface area contributed by atoms with Crippen LogP contribution in [-0.4, -0.2) is 37.0 Å². The highest BCUT2D eigenvalue weighted by Crippen LogP contribution is 2.23. The fourth-order valence-electron chi connectivity index (χ4n) is 3.29. The number of para-hydroxylation sites is 1. The Hall–Kier alpha value is -1.75. The van der Waals surface area contributed by atoms with Crippen molar-refractivity contribution in [3.05, 3.63) is 64.1 Å². The van der Waals surface area contributed by atoms with E-state index >= 15 is 0 Å². The molecule has 1 aliphatic heterocycles. The lowest BCUT2D eigenvalue weighted by Gasteiger charge is -2.31. The summed E-state index contributed by atoms with van der Waals surface area (Å²) in [5, 5.41) is 4.32. The molecule has 0 radical (unpaired) electrons. The third-order valence-electron chi connectivity index (χ3n) is 4.75. The highest BCUT2D eigenvalue weighted by atomic mass is 35.5. The Kier molecular flexibility index (Phi) is 7.39. The number of halogens is 2. The Labute approximate surface area is 170 Å². The summed E-state index contributed by atoms with van der Waals surface area (Å²) in [5.41, 5.74) is 1.21. The molecule has 1 aliphatic rings. The summed E-state index contributed by atoms with van der Waals surface area (Å²) in [6.45, 7) is 3.60. The third kappa shape index (κ3) is 6.13. The van der Waals surface area contributed by atoms with E-state index < -0.39 is 0 Å². The monoisotopic (exact) mass is 406 g/mol. The quantitative estimate of drug-likeness (QED) is 0.692. The van der Waals surface area contributed by atoms with Crippen molar-refractivity contribution in [2.45, 2.75) is 19.4 Å². The number of ether oxygens (including phenoxy) is 1. The van der Waals surface area contributed by atoms with Crippen molar-refractivity contribution in [3.63, 3.8) is 0 Å². The number of hydrogen-bond donors (Lipinski definition) is 1. The molecule has 1 amide bonds. The van der Waals surface area contributed by atoms with Gasteiger partial charge in [-0.2, -0.15) is 0 Å². The molecular weight excluding hydrogens is 383 g/mol. The van der Waals surface area contributed by atoms with Gasteiger partial charge in [0.15, 0.2) is 0 Å². The molecule has 1 N–H and O–H groups in total. The van der Waals surface area contributed by atoms with Gasteiger partial charge in [-0.05, 0) is 55.8 Å². The Morgan fingerprint density at radius 2 is 1.89 bits per heavy atom. The lowest BCUT2D eigenvalue weighted by atomic mass is 9.95. The summed E-state index contributed by atoms with van der Waals surface area (Å²) in [5.74, 6) is 0.823. The lowest BCUT2D eigenvalue weighted by Crippen LogP contribution is -2.41. The number of hydrogen-bond acceptors (Lipinski definition) is 3. The fraction of sp³-hybridized carbons (Fsp3) is 0.381. The van der Waals surface area contributed by atoms with E-state index in [1.54, 1.807) is 6.07 Å². The van der Waals surface area contributed by atoms with Crippen molar-refractivity contribution in [2.75, 3.05) is 26.2 Å². The minimum Gasteiger partial charge on any atom is -0.490 e. The number of nitrogens with zero attached hydrogens (tertiary/aromatic N) is 1. The molecule has 3 rings (SSSR count). The van der Waals surface area contributed by atoms with Crippen molar-refractivity contribution >= 4 is 29.1 Å². The second kappa shape index (κ2) is 9.98. The van der Waals surface area contributed by atoms with E-state index in [1.807, 2.05) is 36.4 Å². The molecule has 4 nitrogen and oxygen atoms in total. The Morgan fingerprint density at radius 3 is 2.63 bits per heavy atom. The summed E-state index contributed by atoms with van der Waals surface area (Å²) >= 11 is 12.1. The van der Waals surface area contributed by atoms with Gasteiger partial charge in [0, 0.05) is 17.5 Å². The number of nitrogens with one attached hydrogen (secondary N) is 1. The number of likely N-dealkylation sites (tertiary alicyclic amines) is 1. The molecule has 0 saturated carbocycles. The van der Waals surface area contributed by atoms with Crippen LogP contribution >= 0.6 is 23.2 Å². The van der Waals surface area contributed by atoms with Gasteiger partial charge in [0.05, 0.1) is 11.6 Å². The van der Waals surface area contributed by atoms with Crippen LogP contribution in [0.4, 0.5) is 0 Å². The first-order valence-electron chi connectivity index (χ1n) is 9.23. The van der Waals surface area contributed by atoms with Crippen LogP contribution < -0.4 is 10.1 Å². The molecule has 0 unspecified atom stereocenters. The smallest absolute Gasteiger partial charge is 0.223 e. The van der Waals surface area contributed by atoms with Crippen LogP contribution in [0, 0.1) is 5.92 Å². The number of carbonyl (C=O) groups is 1. The largest absolute Gasteiger partial charge is 0.490 e. The van der Waals surface area contributed by atoms with Gasteiger partial charge in [0.1, 0.15) is 12.4 Å². The highest BCUT2D eigenvalue weighted by molar-refractivity contribution is 6.32. The predicted molar refractivity (Wildman–Crippen MR) is 109 cm³/mol. The van der Waals surface area contributed by atoms with Crippen LogP contribution in [-0.2, 0) is 11.3 Å². The van der Waals surface area contributed by atoms with Gasteiger partial charge in [0.25, 0.3) is 0 Å². The second-order valence-electron chi connectivity index (χ2n) is 6.75. The molecule has 1 heterocycles. The molecule has 0 aliphatic carbocycles. The van der Waals surface area contributed by atoms with Gasteiger partial charge in [-0.15, -0.1) is 0 Å². The van der Waals surface area contributed by atoms with Crippen LogP contribution in [0.15, 0.2) is 48.5 Å². The standard InChI is InChI=1S/C21H24Cl2N2O2/c22-18-5-3-4-16(14-18)15-25-11-8-17(9-12-25)21(26)24-10-13-27-20-7-2-1-6-19(20)23/h1-7,14,17H,8-13,15H2,(H,24,26). The Bertz CT molecular complexity index is 761. The van der Waals surface area contributed by atoms with Gasteiger partial charge in [0.2, 0.25) is 5.91 Å². The van der Waals surface area contributed by atoms with Gasteiger partial charge in [-0.25, -0.2) is 0 Å². The Morgan fingerprint density at radius 1 is 1.11 bits per heavy atom. The van der Waals surface area contributed by atoms with Gasteiger partial charge >= 0.3 is 0 Å². The number of benzene rings is 2. The summed E-state index contributed by atoms with van der Waals surface area (Å²) in [4.78, 5) is 14.7. The number of piperidine rings is 1. The number of amides is 1. The van der Waals surface area contributed by atoms with Crippen molar-refractivity contribution in [3.8, 4) is 5.75 Å². The average Bonchev–Trinajstić information content (AvgIpc) is 2.67. The molecular formula is C21H24Cl2N2O2. The van der Waals surface area contributed by atoms with Crippen molar-refractivity contribution in [1.29, 1.82) is 0 Å². The average molecular weight is 407 g/mol. The maximum Gasteiger partial charge on any atom is 0.223 e. The van der Waals surface area contributed by atoms with Crippen LogP contribution in [0.25, 0.3) is 0 Å². The summed E-state index contributed by atoms with van der Waals surface area (Å²) in [6, 6.07) is 15.3. The summed E-state index contributed by atoms with van der Waals surface area (Å²) in [6.07, 6.45) is 1.75. The first-order valence-corrected chi connectivity index (χ1v) is 9.99. The van der Waals surface area contributed by atoms with E-state index in [1.165, 1.54) is 5.56 Å². The van der Waals surface area contributed by atoms with Crippen LogP contribution in [0.3, 0.4) is 0 Å². The molecule has 0 spiro atoms. The van der Waals surface area contributed by atoms with E-state index in [4.69, 9.17) is 27.9 Å². The molecule has 6 heteroatoms. The van der Waals surface area contributed by atoms with Crippen molar-refractivity contribution in [2.24, 2.45) is 5.92 Å². The van der Waals surface area contributed by atoms with E-state index in [-0.39, 0.29) is 11.8 Å². The van der Waals surface area contributed by atoms with E-state index in [0.29, 0.717) is 23.9 Å². The van der Waals surface area contributed by atoms with E-state index in [9.17, 15) is 4.79 Å². The molecule has 0 atom stereocenters. The molecule has 27 heavy (non-hydrogen) atoms. The predicted octanol–water partition coefficient (Wildman–Crippen LogP) is 4.40. The number of carbonyl (C=O) groups excluding carboxylic acids is 1. The molecule has 1 saturated heterocycles. The van der Waals surface area contributed by atoms with Gasteiger partial charge < -0.3 is 10.1 Å². The molecule has 1 fully saturated rings. The van der Waals surface area contributed by atoms with Crippen LogP contribution in [0.1, 0.15) is 18.4 Å².